The average Bonchev–Trinajstić information content (AvgIpc) is 2.66. The van der Waals surface area contributed by atoms with Gasteiger partial charge in [0.1, 0.15) is 5.75 Å². The zero-order valence-electron chi connectivity index (χ0n) is 17.2. The van der Waals surface area contributed by atoms with Gasteiger partial charge in [0, 0.05) is 6.42 Å². The summed E-state index contributed by atoms with van der Waals surface area (Å²) >= 11 is 0. The van der Waals surface area contributed by atoms with E-state index in [0.717, 1.165) is 29.0 Å². The number of carbonyl (C=O) groups is 2. The Morgan fingerprint density at radius 2 is 1.69 bits per heavy atom. The maximum Gasteiger partial charge on any atom is 0.255 e. The Balaban J connectivity index is 1.35. The molecule has 3 N–H and O–H groups in total. The number of nitrogens with one attached hydrogen (secondary N) is 1. The first-order valence-corrected chi connectivity index (χ1v) is 10.8. The Morgan fingerprint density at radius 3 is 2.21 bits per heavy atom. The fraction of sp³-hybridized carbons (Fsp3) is 0.609. The molecule has 5 rings (SSSR count). The molecule has 29 heavy (non-hydrogen) atoms. The van der Waals surface area contributed by atoms with Crippen molar-refractivity contribution in [3.05, 3.63) is 29.8 Å². The number of nitrogens with two attached hydrogens (primary N) is 1. The molecule has 4 saturated carbocycles. The van der Waals surface area contributed by atoms with Crippen LogP contribution >= 0.6 is 0 Å². The number of benzene rings is 1. The van der Waals surface area contributed by atoms with Gasteiger partial charge >= 0.3 is 0 Å². The second kappa shape index (κ2) is 8.17. The maximum atomic E-state index is 12.7. The molecule has 4 aliphatic rings. The molecule has 0 radical (unpaired) electrons. The van der Waals surface area contributed by atoms with Crippen LogP contribution in [0.4, 0.5) is 0 Å². The fourth-order valence-corrected chi connectivity index (χ4v) is 6.26. The van der Waals surface area contributed by atoms with Gasteiger partial charge in [0.25, 0.3) is 5.91 Å². The number of nitrogens with zero attached hydrogens (tertiary/aromatic N) is 1. The van der Waals surface area contributed by atoms with E-state index in [1.165, 1.54) is 38.5 Å². The van der Waals surface area contributed by atoms with E-state index >= 15 is 0 Å². The van der Waals surface area contributed by atoms with Crippen LogP contribution in [0.5, 0.6) is 5.75 Å². The van der Waals surface area contributed by atoms with Crippen LogP contribution in [-0.2, 0) is 9.59 Å². The third-order valence-corrected chi connectivity index (χ3v) is 6.92. The van der Waals surface area contributed by atoms with Gasteiger partial charge in [-0.15, -0.1) is 0 Å². The lowest BCUT2D eigenvalue weighted by Crippen LogP contribution is -2.47. The first kappa shape index (κ1) is 19.9. The zero-order chi connectivity index (χ0) is 20.4. The molecule has 0 heterocycles. The summed E-state index contributed by atoms with van der Waals surface area (Å²) in [5.74, 6) is 2.65. The molecule has 1 aromatic carbocycles. The van der Waals surface area contributed by atoms with E-state index in [9.17, 15) is 9.59 Å². The van der Waals surface area contributed by atoms with Gasteiger partial charge < -0.3 is 10.5 Å². The van der Waals surface area contributed by atoms with E-state index in [-0.39, 0.29) is 17.9 Å². The summed E-state index contributed by atoms with van der Waals surface area (Å²) in [7, 11) is 0. The molecule has 0 aromatic heterocycles. The third-order valence-electron chi connectivity index (χ3n) is 6.92. The summed E-state index contributed by atoms with van der Waals surface area (Å²) in [6, 6.07) is 7.31. The van der Waals surface area contributed by atoms with Crippen LogP contribution in [0.25, 0.3) is 0 Å². The summed E-state index contributed by atoms with van der Waals surface area (Å²) in [6.07, 6.45) is 9.15. The minimum absolute atomic E-state index is 0.0410. The van der Waals surface area contributed by atoms with E-state index in [4.69, 9.17) is 10.5 Å². The summed E-state index contributed by atoms with van der Waals surface area (Å²) in [6.45, 7) is 1.87. The van der Waals surface area contributed by atoms with Crippen molar-refractivity contribution in [2.75, 3.05) is 6.61 Å². The monoisotopic (exact) mass is 397 g/mol. The van der Waals surface area contributed by atoms with Crippen LogP contribution in [0.15, 0.2) is 29.4 Å². The van der Waals surface area contributed by atoms with Gasteiger partial charge in [0.2, 0.25) is 5.91 Å². The molecule has 0 saturated heterocycles. The molecule has 1 aromatic rings. The molecule has 2 amide bonds. The van der Waals surface area contributed by atoms with Gasteiger partial charge in [0.05, 0.1) is 5.71 Å². The normalized spacial score (nSPS) is 30.2. The van der Waals surface area contributed by atoms with E-state index in [1.54, 1.807) is 12.1 Å². The quantitative estimate of drug-likeness (QED) is 0.520. The van der Waals surface area contributed by atoms with Crippen molar-refractivity contribution in [3.8, 4) is 5.75 Å². The Bertz CT molecular complexity index is 765. The van der Waals surface area contributed by atoms with Crippen LogP contribution < -0.4 is 15.9 Å². The molecule has 0 spiro atoms. The Labute approximate surface area is 172 Å². The highest BCUT2D eigenvalue weighted by Crippen LogP contribution is 2.61. The molecule has 4 aliphatic carbocycles. The van der Waals surface area contributed by atoms with E-state index in [0.29, 0.717) is 18.6 Å². The second-order valence-electron chi connectivity index (χ2n) is 9.32. The van der Waals surface area contributed by atoms with Crippen molar-refractivity contribution in [1.82, 2.24) is 5.43 Å². The van der Waals surface area contributed by atoms with Gasteiger partial charge in [-0.1, -0.05) is 6.92 Å². The number of hydrogen-bond donors (Lipinski definition) is 2. The summed E-state index contributed by atoms with van der Waals surface area (Å²) in [4.78, 5) is 23.5. The van der Waals surface area contributed by atoms with Gasteiger partial charge in [-0.05, 0) is 97.9 Å². The zero-order valence-corrected chi connectivity index (χ0v) is 17.2. The number of amides is 2. The molecule has 0 atom stereocenters. The molecule has 6 heteroatoms. The highest BCUT2D eigenvalue weighted by atomic mass is 16.5. The van der Waals surface area contributed by atoms with Gasteiger partial charge in [-0.3, -0.25) is 9.59 Å². The topological polar surface area (TPSA) is 93.8 Å². The Morgan fingerprint density at radius 1 is 1.10 bits per heavy atom. The number of rotatable bonds is 8. The lowest BCUT2D eigenvalue weighted by molar-refractivity contribution is -0.129. The smallest absolute Gasteiger partial charge is 0.255 e. The number of ether oxygens (including phenoxy) is 1. The largest absolute Gasteiger partial charge is 0.484 e. The predicted octanol–water partition coefficient (Wildman–Crippen LogP) is 3.39. The predicted molar refractivity (Wildman–Crippen MR) is 111 cm³/mol. The Hall–Kier alpha value is -2.37. The number of hydrogen-bond acceptors (Lipinski definition) is 4. The van der Waals surface area contributed by atoms with Crippen molar-refractivity contribution < 1.29 is 14.3 Å². The fourth-order valence-electron chi connectivity index (χ4n) is 6.26. The van der Waals surface area contributed by atoms with E-state index < -0.39 is 5.91 Å². The van der Waals surface area contributed by atoms with Crippen LogP contribution in [0.1, 0.15) is 63.9 Å². The van der Waals surface area contributed by atoms with Crippen molar-refractivity contribution in [1.29, 1.82) is 0 Å². The summed E-state index contributed by atoms with van der Waals surface area (Å²) in [5, 5.41) is 4.42. The van der Waals surface area contributed by atoms with Crippen LogP contribution in [-0.4, -0.2) is 24.1 Å². The average molecular weight is 398 g/mol. The van der Waals surface area contributed by atoms with E-state index in [1.807, 2.05) is 19.1 Å². The van der Waals surface area contributed by atoms with Gasteiger partial charge in [-0.25, -0.2) is 5.43 Å². The standard InChI is InChI=1S/C23H31N3O3/c1-2-20(18-3-5-19(6-4-18)29-14-21(24)27)25-26-22(28)13-23-10-15-7-16(11-23)9-17(8-15)12-23/h3-6,15-17H,2,7-14H2,1H3,(H2,24,27)(H,26,28)/b25-20+. The van der Waals surface area contributed by atoms with Crippen LogP contribution in [0, 0.1) is 23.2 Å². The van der Waals surface area contributed by atoms with Crippen molar-refractivity contribution in [2.45, 2.75) is 58.3 Å². The van der Waals surface area contributed by atoms with Gasteiger partial charge in [0.15, 0.2) is 6.61 Å². The lowest BCUT2D eigenvalue weighted by Gasteiger charge is -2.56. The molecule has 156 valence electrons. The van der Waals surface area contributed by atoms with Crippen molar-refractivity contribution in [2.24, 2.45) is 34.0 Å². The van der Waals surface area contributed by atoms with Crippen LogP contribution in [0.3, 0.4) is 0 Å². The third kappa shape index (κ3) is 4.62. The highest BCUT2D eigenvalue weighted by molar-refractivity contribution is 6.01. The first-order chi connectivity index (χ1) is 13.9. The SMILES string of the molecule is CC/C(=N\NC(=O)CC12CC3CC(CC(C3)C1)C2)c1ccc(OCC(N)=O)cc1. The molecule has 4 fully saturated rings. The molecule has 6 nitrogen and oxygen atoms in total. The van der Waals surface area contributed by atoms with Crippen molar-refractivity contribution in [3.63, 3.8) is 0 Å². The van der Waals surface area contributed by atoms with Gasteiger partial charge in [-0.2, -0.15) is 5.10 Å². The maximum absolute atomic E-state index is 12.7. The number of primary amides is 1. The van der Waals surface area contributed by atoms with E-state index in [2.05, 4.69) is 10.5 Å². The summed E-state index contributed by atoms with van der Waals surface area (Å²) in [5.41, 5.74) is 9.88. The molecular weight excluding hydrogens is 366 g/mol. The number of hydrazone groups is 1. The molecule has 4 bridgehead atoms. The van der Waals surface area contributed by atoms with Crippen molar-refractivity contribution >= 4 is 17.5 Å². The highest BCUT2D eigenvalue weighted by Gasteiger charge is 2.51. The van der Waals surface area contributed by atoms with Crippen LogP contribution in [0.2, 0.25) is 0 Å². The first-order valence-electron chi connectivity index (χ1n) is 10.8. The second-order valence-corrected chi connectivity index (χ2v) is 9.32. The molecule has 0 unspecified atom stereocenters. The lowest BCUT2D eigenvalue weighted by atomic mass is 9.49. The molecular formula is C23H31N3O3. The number of carbonyl (C=O) groups excluding carboxylic acids is 2. The Kier molecular flexibility index (Phi) is 5.61. The summed E-state index contributed by atoms with van der Waals surface area (Å²) < 4.78 is 5.28. The minimum atomic E-state index is -0.508. The molecule has 0 aliphatic heterocycles. The minimum Gasteiger partial charge on any atom is -0.484 e.